The van der Waals surface area contributed by atoms with Crippen LogP contribution in [0.25, 0.3) is 0 Å². The first-order valence-electron chi connectivity index (χ1n) is 10.3. The Morgan fingerprint density at radius 1 is 1.10 bits per heavy atom. The molecule has 0 aliphatic heterocycles. The molecule has 1 N–H and O–H groups in total. The number of hydrogen-bond acceptors (Lipinski definition) is 3. The lowest BCUT2D eigenvalue weighted by Gasteiger charge is -2.34. The van der Waals surface area contributed by atoms with E-state index in [9.17, 15) is 9.90 Å². The second-order valence-corrected chi connectivity index (χ2v) is 8.53. The predicted molar refractivity (Wildman–Crippen MR) is 119 cm³/mol. The van der Waals surface area contributed by atoms with Crippen molar-refractivity contribution in [2.45, 2.75) is 46.1 Å². The van der Waals surface area contributed by atoms with Crippen molar-refractivity contribution in [3.05, 3.63) is 65.2 Å². The van der Waals surface area contributed by atoms with Crippen molar-refractivity contribution >= 4 is 29.0 Å². The number of carboxylic acids is 1. The first-order chi connectivity index (χ1) is 13.9. The van der Waals surface area contributed by atoms with Crippen molar-refractivity contribution in [2.24, 2.45) is 11.8 Å². The Morgan fingerprint density at radius 2 is 1.83 bits per heavy atom. The Labute approximate surface area is 178 Å². The lowest BCUT2D eigenvalue weighted by molar-refractivity contribution is -0.312. The maximum absolute atomic E-state index is 11.1. The zero-order valence-corrected chi connectivity index (χ0v) is 18.0. The third-order valence-electron chi connectivity index (χ3n) is 5.84. The maximum atomic E-state index is 11.1. The fourth-order valence-electron chi connectivity index (χ4n) is 4.03. The second kappa shape index (κ2) is 9.88. The molecular weight excluding hydrogens is 380 g/mol. The van der Waals surface area contributed by atoms with Gasteiger partial charge in [0.15, 0.2) is 5.11 Å². The molecule has 3 rings (SSSR count). The Morgan fingerprint density at radius 3 is 2.48 bits per heavy atom. The maximum Gasteiger partial charge on any atom is 0.173 e. The molecule has 29 heavy (non-hydrogen) atoms. The zero-order chi connectivity index (χ0) is 20.8. The van der Waals surface area contributed by atoms with Crippen LogP contribution < -0.4 is 10.4 Å². The van der Waals surface area contributed by atoms with Gasteiger partial charge in [0, 0.05) is 24.7 Å². The fraction of sp³-hybridized carbons (Fsp3) is 0.417. The number of hydrogen-bond donors (Lipinski definition) is 1. The minimum absolute atomic E-state index is 0.298. The van der Waals surface area contributed by atoms with Crippen molar-refractivity contribution in [2.75, 3.05) is 11.9 Å². The van der Waals surface area contributed by atoms with Crippen molar-refractivity contribution in [1.29, 1.82) is 0 Å². The standard InChI is InChI=1S/C24H30N2O2S/c1-17-6-5-9-22(14-17)25-24(29)26(16-21-8-4-3-7-18(21)2)15-19-10-12-20(13-11-19)23(27)28/h3-9,14,19-20H,10-13,15-16H2,1-2H3,(H,25,29)(H,27,28)/p-1. The number of anilines is 1. The molecule has 0 amide bonds. The number of aryl methyl sites for hydroxylation is 2. The summed E-state index contributed by atoms with van der Waals surface area (Å²) in [5.41, 5.74) is 4.68. The number of aliphatic carboxylic acids is 1. The van der Waals surface area contributed by atoms with E-state index in [1.165, 1.54) is 16.7 Å². The third-order valence-corrected chi connectivity index (χ3v) is 6.20. The van der Waals surface area contributed by atoms with Crippen LogP contribution in [-0.2, 0) is 11.3 Å². The van der Waals surface area contributed by atoms with Crippen molar-refractivity contribution < 1.29 is 9.90 Å². The van der Waals surface area contributed by atoms with E-state index < -0.39 is 5.97 Å². The summed E-state index contributed by atoms with van der Waals surface area (Å²) in [5, 5.41) is 15.3. The molecule has 0 saturated heterocycles. The normalized spacial score (nSPS) is 18.8. The number of thiocarbonyl (C=S) groups is 1. The molecule has 1 saturated carbocycles. The average molecular weight is 410 g/mol. The van der Waals surface area contributed by atoms with E-state index in [0.29, 0.717) is 23.9 Å². The topological polar surface area (TPSA) is 55.4 Å². The van der Waals surface area contributed by atoms with Crippen LogP contribution in [0.4, 0.5) is 5.69 Å². The lowest BCUT2D eigenvalue weighted by atomic mass is 9.82. The quantitative estimate of drug-likeness (QED) is 0.729. The Hall–Kier alpha value is -2.40. The minimum Gasteiger partial charge on any atom is -0.550 e. The largest absolute Gasteiger partial charge is 0.550 e. The fourth-order valence-corrected chi connectivity index (χ4v) is 4.29. The molecular formula is C24H29N2O2S-. The summed E-state index contributed by atoms with van der Waals surface area (Å²) < 4.78 is 0. The van der Waals surface area contributed by atoms with Gasteiger partial charge in [-0.2, -0.15) is 0 Å². The highest BCUT2D eigenvalue weighted by molar-refractivity contribution is 7.80. The average Bonchev–Trinajstić information content (AvgIpc) is 2.69. The zero-order valence-electron chi connectivity index (χ0n) is 17.2. The van der Waals surface area contributed by atoms with Gasteiger partial charge in [-0.1, -0.05) is 36.4 Å². The molecule has 0 atom stereocenters. The van der Waals surface area contributed by atoms with E-state index in [0.717, 1.165) is 31.6 Å². The lowest BCUT2D eigenvalue weighted by Crippen LogP contribution is -2.40. The van der Waals surface area contributed by atoms with Gasteiger partial charge in [0.1, 0.15) is 0 Å². The summed E-state index contributed by atoms with van der Waals surface area (Å²) in [4.78, 5) is 13.4. The highest BCUT2D eigenvalue weighted by Gasteiger charge is 2.25. The summed E-state index contributed by atoms with van der Waals surface area (Å²) in [6.45, 7) is 5.75. The molecule has 0 bridgehead atoms. The van der Waals surface area contributed by atoms with E-state index in [1.54, 1.807) is 0 Å². The molecule has 2 aromatic carbocycles. The predicted octanol–water partition coefficient (Wildman–Crippen LogP) is 4.06. The van der Waals surface area contributed by atoms with Crippen LogP contribution in [0.1, 0.15) is 42.4 Å². The SMILES string of the molecule is Cc1cccc(NC(=S)N(Cc2ccccc2C)CC2CCC(C(=O)[O-])CC2)c1. The van der Waals surface area contributed by atoms with Crippen LogP contribution in [0.2, 0.25) is 0 Å². The Balaban J connectivity index is 1.71. The first kappa shape index (κ1) is 21.3. The van der Waals surface area contributed by atoms with Gasteiger partial charge in [-0.25, -0.2) is 0 Å². The number of nitrogens with one attached hydrogen (secondary N) is 1. The van der Waals surface area contributed by atoms with Crippen LogP contribution >= 0.6 is 12.2 Å². The Kier molecular flexibility index (Phi) is 7.26. The smallest absolute Gasteiger partial charge is 0.173 e. The minimum atomic E-state index is -0.906. The van der Waals surface area contributed by atoms with Crippen LogP contribution in [0.15, 0.2) is 48.5 Å². The Bertz CT molecular complexity index is 859. The number of carboxylic acid groups (broad SMARTS) is 1. The molecule has 154 valence electrons. The summed E-state index contributed by atoms with van der Waals surface area (Å²) in [6.07, 6.45) is 3.19. The molecule has 0 heterocycles. The van der Waals surface area contributed by atoms with E-state index in [4.69, 9.17) is 12.2 Å². The number of carbonyl (C=O) groups is 1. The van der Waals surface area contributed by atoms with Gasteiger partial charge >= 0.3 is 0 Å². The summed E-state index contributed by atoms with van der Waals surface area (Å²) in [6, 6.07) is 16.6. The second-order valence-electron chi connectivity index (χ2n) is 8.14. The van der Waals surface area contributed by atoms with Gasteiger partial charge in [-0.15, -0.1) is 0 Å². The van der Waals surface area contributed by atoms with E-state index >= 15 is 0 Å². The van der Waals surface area contributed by atoms with Crippen molar-refractivity contribution in [3.63, 3.8) is 0 Å². The summed E-state index contributed by atoms with van der Waals surface area (Å²) in [7, 11) is 0. The van der Waals surface area contributed by atoms with Gasteiger partial charge in [-0.05, 0) is 92.4 Å². The van der Waals surface area contributed by atoms with Crippen molar-refractivity contribution in [1.82, 2.24) is 4.90 Å². The molecule has 0 aromatic heterocycles. The molecule has 0 unspecified atom stereocenters. The van der Waals surface area contributed by atoms with Gasteiger partial charge in [-0.3, -0.25) is 0 Å². The van der Waals surface area contributed by atoms with Gasteiger partial charge in [0.05, 0.1) is 0 Å². The molecule has 5 heteroatoms. The number of carbonyl (C=O) groups excluding carboxylic acids is 1. The number of rotatable bonds is 6. The monoisotopic (exact) mass is 409 g/mol. The summed E-state index contributed by atoms with van der Waals surface area (Å²) >= 11 is 5.79. The molecule has 1 fully saturated rings. The van der Waals surface area contributed by atoms with E-state index in [1.807, 2.05) is 18.2 Å². The molecule has 0 radical (unpaired) electrons. The third kappa shape index (κ3) is 6.04. The van der Waals surface area contributed by atoms with Gasteiger partial charge in [0.25, 0.3) is 0 Å². The number of benzene rings is 2. The highest BCUT2D eigenvalue weighted by atomic mass is 32.1. The molecule has 1 aliphatic carbocycles. The number of nitrogens with zero attached hydrogens (tertiary/aromatic N) is 1. The molecule has 1 aliphatic rings. The van der Waals surface area contributed by atoms with Gasteiger partial charge < -0.3 is 20.1 Å². The summed E-state index contributed by atoms with van der Waals surface area (Å²) in [5.74, 6) is -0.767. The molecule has 4 nitrogen and oxygen atoms in total. The van der Waals surface area contributed by atoms with Crippen LogP contribution in [0.5, 0.6) is 0 Å². The van der Waals surface area contributed by atoms with Crippen LogP contribution in [0, 0.1) is 25.7 Å². The van der Waals surface area contributed by atoms with E-state index in [2.05, 4.69) is 54.4 Å². The molecule has 0 spiro atoms. The van der Waals surface area contributed by atoms with Crippen molar-refractivity contribution in [3.8, 4) is 0 Å². The van der Waals surface area contributed by atoms with Crippen LogP contribution in [0.3, 0.4) is 0 Å². The van der Waals surface area contributed by atoms with Crippen LogP contribution in [-0.4, -0.2) is 22.5 Å². The highest BCUT2D eigenvalue weighted by Crippen LogP contribution is 2.30. The van der Waals surface area contributed by atoms with Gasteiger partial charge in [0.2, 0.25) is 0 Å². The molecule has 2 aromatic rings. The first-order valence-corrected chi connectivity index (χ1v) is 10.7. The van der Waals surface area contributed by atoms with E-state index in [-0.39, 0.29) is 5.92 Å².